The number of rotatable bonds is 5. The fourth-order valence-corrected chi connectivity index (χ4v) is 3.22. The third-order valence-corrected chi connectivity index (χ3v) is 4.22. The van der Waals surface area contributed by atoms with Gasteiger partial charge in [0.15, 0.2) is 5.75 Å². The highest BCUT2D eigenvalue weighted by atomic mass is 79.9. The Morgan fingerprint density at radius 3 is 2.27 bits per heavy atom. The SMILES string of the molecule is COc1cc(Sc2cc(Br)ccc2[N+](=O)[O-])ccc1[N+](=O)[O-]. The summed E-state index contributed by atoms with van der Waals surface area (Å²) in [6, 6.07) is 8.92. The number of ether oxygens (including phenoxy) is 1. The summed E-state index contributed by atoms with van der Waals surface area (Å²) in [4.78, 5) is 21.9. The van der Waals surface area contributed by atoms with Gasteiger partial charge in [-0.1, -0.05) is 27.7 Å². The smallest absolute Gasteiger partial charge is 0.310 e. The predicted octanol–water partition coefficient (Wildman–Crippen LogP) is 4.43. The lowest BCUT2D eigenvalue weighted by Crippen LogP contribution is -1.94. The molecule has 0 aliphatic heterocycles. The van der Waals surface area contributed by atoms with Crippen LogP contribution in [0.25, 0.3) is 0 Å². The van der Waals surface area contributed by atoms with Crippen molar-refractivity contribution in [2.75, 3.05) is 7.11 Å². The molecule has 0 aromatic heterocycles. The van der Waals surface area contributed by atoms with Crippen LogP contribution in [0.1, 0.15) is 0 Å². The first-order chi connectivity index (χ1) is 10.4. The molecule has 22 heavy (non-hydrogen) atoms. The monoisotopic (exact) mass is 384 g/mol. The Kier molecular flexibility index (Phi) is 4.99. The van der Waals surface area contributed by atoms with Crippen LogP contribution >= 0.6 is 27.7 Å². The van der Waals surface area contributed by atoms with Gasteiger partial charge >= 0.3 is 5.69 Å². The second kappa shape index (κ2) is 6.75. The molecular formula is C13H9BrN2O5S. The maximum Gasteiger partial charge on any atom is 0.310 e. The lowest BCUT2D eigenvalue weighted by molar-refractivity contribution is -0.387. The van der Waals surface area contributed by atoms with Crippen LogP contribution in [0.5, 0.6) is 5.75 Å². The fourth-order valence-electron chi connectivity index (χ4n) is 1.72. The normalized spacial score (nSPS) is 10.3. The number of benzene rings is 2. The zero-order valence-corrected chi connectivity index (χ0v) is 13.6. The molecule has 7 nitrogen and oxygen atoms in total. The summed E-state index contributed by atoms with van der Waals surface area (Å²) in [5.74, 6) is 0.104. The standard InChI is InChI=1S/C13H9BrN2O5S/c1-21-12-7-9(3-5-10(12)15(17)18)22-13-6-8(14)2-4-11(13)16(19)20/h2-7H,1H3. The van der Waals surface area contributed by atoms with Gasteiger partial charge in [-0.3, -0.25) is 20.2 Å². The Balaban J connectivity index is 2.41. The van der Waals surface area contributed by atoms with Crippen molar-refractivity contribution in [3.8, 4) is 5.75 Å². The first-order valence-electron chi connectivity index (χ1n) is 5.86. The van der Waals surface area contributed by atoms with Crippen LogP contribution in [0, 0.1) is 20.2 Å². The van der Waals surface area contributed by atoms with E-state index in [0.717, 1.165) is 11.8 Å². The molecule has 0 unspecified atom stereocenters. The molecule has 0 N–H and O–H groups in total. The Bertz CT molecular complexity index is 753. The number of methoxy groups -OCH3 is 1. The molecular weight excluding hydrogens is 376 g/mol. The second-order valence-corrected chi connectivity index (χ2v) is 6.09. The van der Waals surface area contributed by atoms with Crippen LogP contribution in [-0.4, -0.2) is 17.0 Å². The number of hydrogen-bond acceptors (Lipinski definition) is 6. The van der Waals surface area contributed by atoms with Gasteiger partial charge in [-0.15, -0.1) is 0 Å². The van der Waals surface area contributed by atoms with E-state index in [0.29, 0.717) is 14.3 Å². The maximum atomic E-state index is 11.1. The van der Waals surface area contributed by atoms with Gasteiger partial charge in [0.1, 0.15) is 0 Å². The van der Waals surface area contributed by atoms with Gasteiger partial charge in [-0.2, -0.15) is 0 Å². The van der Waals surface area contributed by atoms with E-state index in [1.165, 1.54) is 31.4 Å². The lowest BCUT2D eigenvalue weighted by atomic mass is 10.3. The third-order valence-electron chi connectivity index (χ3n) is 2.69. The average Bonchev–Trinajstić information content (AvgIpc) is 2.46. The molecule has 0 aliphatic carbocycles. The molecule has 0 saturated carbocycles. The molecule has 2 aromatic carbocycles. The van der Waals surface area contributed by atoms with Gasteiger partial charge < -0.3 is 4.74 Å². The summed E-state index contributed by atoms with van der Waals surface area (Å²) in [7, 11) is 1.33. The molecule has 0 fully saturated rings. The van der Waals surface area contributed by atoms with Crippen molar-refractivity contribution in [2.24, 2.45) is 0 Å². The van der Waals surface area contributed by atoms with E-state index >= 15 is 0 Å². The number of hydrogen-bond donors (Lipinski definition) is 0. The lowest BCUT2D eigenvalue weighted by Gasteiger charge is -2.06. The summed E-state index contributed by atoms with van der Waals surface area (Å²) in [5, 5.41) is 21.9. The number of nitrogens with zero attached hydrogens (tertiary/aromatic N) is 2. The molecule has 2 aromatic rings. The Morgan fingerprint density at radius 2 is 1.68 bits per heavy atom. The van der Waals surface area contributed by atoms with E-state index in [1.54, 1.807) is 12.1 Å². The topological polar surface area (TPSA) is 95.5 Å². The minimum Gasteiger partial charge on any atom is -0.490 e. The maximum absolute atomic E-state index is 11.1. The van der Waals surface area contributed by atoms with Crippen molar-refractivity contribution in [1.82, 2.24) is 0 Å². The number of nitro groups is 2. The van der Waals surface area contributed by atoms with Crippen LogP contribution in [0.15, 0.2) is 50.7 Å². The molecule has 0 amide bonds. The summed E-state index contributed by atoms with van der Waals surface area (Å²) in [6.07, 6.45) is 0. The highest BCUT2D eigenvalue weighted by Crippen LogP contribution is 2.39. The van der Waals surface area contributed by atoms with E-state index < -0.39 is 9.85 Å². The first kappa shape index (κ1) is 16.2. The molecule has 0 atom stereocenters. The molecule has 2 rings (SSSR count). The Morgan fingerprint density at radius 1 is 1.05 bits per heavy atom. The Hall–Kier alpha value is -2.13. The first-order valence-corrected chi connectivity index (χ1v) is 7.47. The second-order valence-electron chi connectivity index (χ2n) is 4.06. The van der Waals surface area contributed by atoms with Crippen molar-refractivity contribution in [1.29, 1.82) is 0 Å². The molecule has 0 heterocycles. The van der Waals surface area contributed by atoms with Crippen LogP contribution in [0.4, 0.5) is 11.4 Å². The largest absolute Gasteiger partial charge is 0.490 e. The average molecular weight is 385 g/mol. The molecule has 0 radical (unpaired) electrons. The van der Waals surface area contributed by atoms with Crippen LogP contribution in [-0.2, 0) is 0 Å². The zero-order chi connectivity index (χ0) is 16.3. The van der Waals surface area contributed by atoms with Crippen molar-refractivity contribution in [3.05, 3.63) is 61.1 Å². The van der Waals surface area contributed by atoms with Crippen molar-refractivity contribution < 1.29 is 14.6 Å². The van der Waals surface area contributed by atoms with Crippen molar-refractivity contribution >= 4 is 39.1 Å². The van der Waals surface area contributed by atoms with E-state index in [2.05, 4.69) is 15.9 Å². The van der Waals surface area contributed by atoms with E-state index in [1.807, 2.05) is 0 Å². The van der Waals surface area contributed by atoms with Crippen LogP contribution in [0.3, 0.4) is 0 Å². The van der Waals surface area contributed by atoms with E-state index in [9.17, 15) is 20.2 Å². The molecule has 9 heteroatoms. The summed E-state index contributed by atoms with van der Waals surface area (Å²) < 4.78 is 5.69. The van der Waals surface area contributed by atoms with Gasteiger partial charge in [0.2, 0.25) is 0 Å². The Labute approximate surface area is 137 Å². The highest BCUT2D eigenvalue weighted by molar-refractivity contribution is 9.10. The number of nitro benzene ring substituents is 2. The van der Waals surface area contributed by atoms with Crippen molar-refractivity contribution in [3.63, 3.8) is 0 Å². The highest BCUT2D eigenvalue weighted by Gasteiger charge is 2.18. The zero-order valence-electron chi connectivity index (χ0n) is 11.2. The predicted molar refractivity (Wildman–Crippen MR) is 84.6 cm³/mol. The summed E-state index contributed by atoms with van der Waals surface area (Å²) >= 11 is 4.40. The van der Waals surface area contributed by atoms with E-state index in [4.69, 9.17) is 4.74 Å². The van der Waals surface area contributed by atoms with Gasteiger partial charge in [0.25, 0.3) is 5.69 Å². The van der Waals surface area contributed by atoms with E-state index in [-0.39, 0.29) is 17.1 Å². The molecule has 0 spiro atoms. The minimum atomic E-state index is -0.547. The quantitative estimate of drug-likeness (QED) is 0.558. The number of halogens is 1. The van der Waals surface area contributed by atoms with Crippen molar-refractivity contribution in [2.45, 2.75) is 9.79 Å². The minimum absolute atomic E-state index is 0.0366. The molecule has 0 aliphatic rings. The van der Waals surface area contributed by atoms with Gasteiger partial charge in [-0.25, -0.2) is 0 Å². The van der Waals surface area contributed by atoms with Gasteiger partial charge in [0.05, 0.1) is 21.9 Å². The molecule has 0 bridgehead atoms. The third kappa shape index (κ3) is 3.55. The van der Waals surface area contributed by atoms with Crippen LogP contribution < -0.4 is 4.74 Å². The molecule has 114 valence electrons. The summed E-state index contributed by atoms with van der Waals surface area (Å²) in [5.41, 5.74) is -0.193. The molecule has 0 saturated heterocycles. The van der Waals surface area contributed by atoms with Crippen LogP contribution in [0.2, 0.25) is 0 Å². The summed E-state index contributed by atoms with van der Waals surface area (Å²) in [6.45, 7) is 0. The fraction of sp³-hybridized carbons (Fsp3) is 0.0769. The van der Waals surface area contributed by atoms with Gasteiger partial charge in [-0.05, 0) is 18.2 Å². The van der Waals surface area contributed by atoms with Gasteiger partial charge in [0, 0.05) is 27.6 Å².